The summed E-state index contributed by atoms with van der Waals surface area (Å²) in [5, 5.41) is 9.72. The van der Waals surface area contributed by atoms with Crippen LogP contribution in [0.5, 0.6) is 0 Å². The molecule has 2 heterocycles. The number of anilines is 1. The molecular weight excluding hydrogens is 246 g/mol. The lowest BCUT2D eigenvalue weighted by atomic mass is 9.89. The number of ether oxygens (including phenoxy) is 1. The molecule has 2 aromatic heterocycles. The highest BCUT2D eigenvalue weighted by atomic mass is 16.5. The van der Waals surface area contributed by atoms with E-state index in [4.69, 9.17) is 4.74 Å². The predicted molar refractivity (Wildman–Crippen MR) is 70.4 cm³/mol. The smallest absolute Gasteiger partial charge is 0.349 e. The van der Waals surface area contributed by atoms with Crippen molar-refractivity contribution in [1.29, 1.82) is 0 Å². The minimum atomic E-state index is -0.258. The quantitative estimate of drug-likeness (QED) is 0.848. The molecule has 1 aliphatic rings. The summed E-state index contributed by atoms with van der Waals surface area (Å²) in [7, 11) is 0. The van der Waals surface area contributed by atoms with Gasteiger partial charge in [-0.15, -0.1) is 0 Å². The van der Waals surface area contributed by atoms with E-state index >= 15 is 0 Å². The first-order chi connectivity index (χ1) is 9.17. The third-order valence-electron chi connectivity index (χ3n) is 3.42. The van der Waals surface area contributed by atoms with Crippen molar-refractivity contribution in [2.24, 2.45) is 0 Å². The molecule has 3 rings (SSSR count). The Balaban J connectivity index is 1.74. The zero-order valence-electron chi connectivity index (χ0n) is 11.0. The Bertz CT molecular complexity index is 641. The van der Waals surface area contributed by atoms with E-state index in [2.05, 4.69) is 20.5 Å². The first-order valence-electron chi connectivity index (χ1n) is 6.50. The molecule has 0 atom stereocenters. The molecule has 0 radical (unpaired) electrons. The van der Waals surface area contributed by atoms with Crippen LogP contribution in [0.3, 0.4) is 0 Å². The fourth-order valence-electron chi connectivity index (χ4n) is 2.44. The Labute approximate surface area is 110 Å². The second kappa shape index (κ2) is 4.65. The van der Waals surface area contributed by atoms with Gasteiger partial charge in [0.1, 0.15) is 11.6 Å². The number of hydrogen-bond donors (Lipinski definition) is 2. The lowest BCUT2D eigenvalue weighted by molar-refractivity contribution is 0.00292. The van der Waals surface area contributed by atoms with E-state index < -0.39 is 0 Å². The van der Waals surface area contributed by atoms with Crippen molar-refractivity contribution in [2.45, 2.75) is 38.8 Å². The highest BCUT2D eigenvalue weighted by Gasteiger charge is 2.29. The molecule has 7 nitrogen and oxygen atoms in total. The summed E-state index contributed by atoms with van der Waals surface area (Å²) in [4.78, 5) is 15.9. The molecule has 0 aromatic carbocycles. The summed E-state index contributed by atoms with van der Waals surface area (Å²) in [5.41, 5.74) is 0.326. The van der Waals surface area contributed by atoms with E-state index in [1.165, 1.54) is 4.40 Å². The van der Waals surface area contributed by atoms with Crippen LogP contribution in [0.25, 0.3) is 5.65 Å². The Morgan fingerprint density at radius 2 is 2.37 bits per heavy atom. The van der Waals surface area contributed by atoms with E-state index in [0.29, 0.717) is 23.6 Å². The maximum absolute atomic E-state index is 11.5. The summed E-state index contributed by atoms with van der Waals surface area (Å²) >= 11 is 0. The maximum Gasteiger partial charge on any atom is 0.349 e. The van der Waals surface area contributed by atoms with E-state index in [9.17, 15) is 4.79 Å². The van der Waals surface area contributed by atoms with Gasteiger partial charge in [0.25, 0.3) is 0 Å². The van der Waals surface area contributed by atoms with Gasteiger partial charge in [-0.2, -0.15) is 5.10 Å². The minimum absolute atomic E-state index is 0.258. The molecule has 0 saturated heterocycles. The first-order valence-corrected chi connectivity index (χ1v) is 6.50. The maximum atomic E-state index is 11.5. The second-order valence-electron chi connectivity index (χ2n) is 4.80. The van der Waals surface area contributed by atoms with Crippen LogP contribution in [0, 0.1) is 6.92 Å². The molecular formula is C12H17N5O2. The molecule has 1 fully saturated rings. The fourth-order valence-corrected chi connectivity index (χ4v) is 2.44. The van der Waals surface area contributed by atoms with Gasteiger partial charge < -0.3 is 10.1 Å². The Hall–Kier alpha value is -1.89. The van der Waals surface area contributed by atoms with Crippen LogP contribution < -0.4 is 11.0 Å². The van der Waals surface area contributed by atoms with Crippen LogP contribution in [-0.2, 0) is 4.74 Å². The zero-order chi connectivity index (χ0) is 13.4. The van der Waals surface area contributed by atoms with Crippen molar-refractivity contribution >= 4 is 11.5 Å². The third kappa shape index (κ3) is 2.21. The van der Waals surface area contributed by atoms with E-state index in [1.807, 2.05) is 6.92 Å². The van der Waals surface area contributed by atoms with Crippen LogP contribution in [0.2, 0.25) is 0 Å². The lowest BCUT2D eigenvalue weighted by Crippen LogP contribution is -2.41. The van der Waals surface area contributed by atoms with Crippen LogP contribution >= 0.6 is 0 Å². The van der Waals surface area contributed by atoms with Crippen molar-refractivity contribution in [3.8, 4) is 0 Å². The van der Waals surface area contributed by atoms with Gasteiger partial charge in [-0.05, 0) is 26.7 Å². The summed E-state index contributed by atoms with van der Waals surface area (Å²) in [6.45, 7) is 4.56. The number of nitrogens with one attached hydrogen (secondary N) is 2. The van der Waals surface area contributed by atoms with Gasteiger partial charge >= 0.3 is 5.69 Å². The van der Waals surface area contributed by atoms with Crippen LogP contribution in [0.1, 0.15) is 25.6 Å². The summed E-state index contributed by atoms with van der Waals surface area (Å²) < 4.78 is 6.97. The van der Waals surface area contributed by atoms with Crippen molar-refractivity contribution in [3.63, 3.8) is 0 Å². The van der Waals surface area contributed by atoms with Gasteiger partial charge in [0.2, 0.25) is 0 Å². The average molecular weight is 263 g/mol. The average Bonchev–Trinajstić information content (AvgIpc) is 2.69. The topological polar surface area (TPSA) is 84.3 Å². The third-order valence-corrected chi connectivity index (χ3v) is 3.42. The fraction of sp³-hybridized carbons (Fsp3) is 0.583. The molecule has 0 spiro atoms. The largest absolute Gasteiger partial charge is 0.378 e. The highest BCUT2D eigenvalue weighted by Crippen LogP contribution is 2.26. The SMILES string of the molecule is CCOC1CC(Nc2cc3n[nH]c(=O)n3c(C)n2)C1. The van der Waals surface area contributed by atoms with E-state index in [-0.39, 0.29) is 5.69 Å². The van der Waals surface area contributed by atoms with Gasteiger partial charge in [0.15, 0.2) is 5.65 Å². The summed E-state index contributed by atoms with van der Waals surface area (Å²) in [6.07, 6.45) is 2.35. The van der Waals surface area contributed by atoms with Gasteiger partial charge in [-0.1, -0.05) is 0 Å². The molecule has 0 aliphatic heterocycles. The lowest BCUT2D eigenvalue weighted by Gasteiger charge is -2.35. The molecule has 1 aliphatic carbocycles. The van der Waals surface area contributed by atoms with Crippen molar-refractivity contribution in [3.05, 3.63) is 22.4 Å². The summed E-state index contributed by atoms with van der Waals surface area (Å²) in [5.74, 6) is 1.38. The number of aromatic amines is 1. The molecule has 0 amide bonds. The zero-order valence-corrected chi connectivity index (χ0v) is 11.0. The van der Waals surface area contributed by atoms with Crippen LogP contribution in [-0.4, -0.2) is 38.3 Å². The normalized spacial score (nSPS) is 22.4. The summed E-state index contributed by atoms with van der Waals surface area (Å²) in [6, 6.07) is 2.16. The van der Waals surface area contributed by atoms with Crippen molar-refractivity contribution in [2.75, 3.05) is 11.9 Å². The Morgan fingerprint density at radius 3 is 3.11 bits per heavy atom. The van der Waals surface area contributed by atoms with Gasteiger partial charge in [0, 0.05) is 18.7 Å². The number of H-pyrrole nitrogens is 1. The molecule has 2 aromatic rings. The molecule has 102 valence electrons. The number of aryl methyl sites for hydroxylation is 1. The molecule has 0 unspecified atom stereocenters. The standard InChI is InChI=1S/C12H17N5O2/c1-3-19-9-4-8(5-9)14-10-6-11-15-16-12(18)17(11)7(2)13-10/h6,8-9,14H,3-5H2,1-2H3,(H,16,18). The minimum Gasteiger partial charge on any atom is -0.378 e. The highest BCUT2D eigenvalue weighted by molar-refractivity contribution is 5.50. The Kier molecular flexibility index (Phi) is 2.98. The first kappa shape index (κ1) is 12.2. The Morgan fingerprint density at radius 1 is 1.58 bits per heavy atom. The number of rotatable bonds is 4. The predicted octanol–water partition coefficient (Wildman–Crippen LogP) is 0.705. The number of fused-ring (bicyclic) bond motifs is 1. The molecule has 1 saturated carbocycles. The second-order valence-corrected chi connectivity index (χ2v) is 4.80. The number of nitrogens with zero attached hydrogens (tertiary/aromatic N) is 3. The van der Waals surface area contributed by atoms with Crippen LogP contribution in [0.15, 0.2) is 10.9 Å². The van der Waals surface area contributed by atoms with Crippen LogP contribution in [0.4, 0.5) is 5.82 Å². The molecule has 0 bridgehead atoms. The van der Waals surface area contributed by atoms with E-state index in [1.54, 1.807) is 13.0 Å². The number of hydrogen-bond acceptors (Lipinski definition) is 5. The molecule has 7 heteroatoms. The van der Waals surface area contributed by atoms with Gasteiger partial charge in [0.05, 0.1) is 6.10 Å². The van der Waals surface area contributed by atoms with Gasteiger partial charge in [-0.3, -0.25) is 0 Å². The van der Waals surface area contributed by atoms with Gasteiger partial charge in [-0.25, -0.2) is 19.3 Å². The van der Waals surface area contributed by atoms with Crippen molar-refractivity contribution < 1.29 is 4.74 Å². The van der Waals surface area contributed by atoms with E-state index in [0.717, 1.165) is 25.3 Å². The van der Waals surface area contributed by atoms with Crippen molar-refractivity contribution in [1.82, 2.24) is 19.6 Å². The molecule has 2 N–H and O–H groups in total. The molecule has 19 heavy (non-hydrogen) atoms. The number of aromatic nitrogens is 4. The monoisotopic (exact) mass is 263 g/mol.